The molecule has 1 atom stereocenters. The Morgan fingerprint density at radius 2 is 1.78 bits per heavy atom. The van der Waals surface area contributed by atoms with Crippen LogP contribution in [0.25, 0.3) is 10.2 Å². The number of hydrogen-bond acceptors (Lipinski definition) is 4. The molecular weight excluding hydrogens is 360 g/mol. The molecule has 0 radical (unpaired) electrons. The zero-order chi connectivity index (χ0) is 19.4. The van der Waals surface area contributed by atoms with Crippen LogP contribution in [0.5, 0.6) is 0 Å². The number of thiazole rings is 1. The van der Waals surface area contributed by atoms with E-state index < -0.39 is 12.1 Å². The fourth-order valence-corrected chi connectivity index (χ4v) is 3.60. The van der Waals surface area contributed by atoms with E-state index in [0.717, 1.165) is 15.8 Å². The standard InChI is InChI=1S/C20H22N4O2S/c1-12(2)17(23-19(26)21-14-7-5-4-6-8-14)18(25)24-20-22-15-10-9-13(3)11-16(15)27-20/h4-12,17H,1-3H3,(H2,21,23,26)(H,22,24,25). The van der Waals surface area contributed by atoms with Crippen molar-refractivity contribution >= 4 is 44.3 Å². The summed E-state index contributed by atoms with van der Waals surface area (Å²) in [7, 11) is 0. The molecule has 1 heterocycles. The van der Waals surface area contributed by atoms with Gasteiger partial charge in [0.15, 0.2) is 5.13 Å². The Kier molecular flexibility index (Phi) is 5.71. The van der Waals surface area contributed by atoms with E-state index in [4.69, 9.17) is 0 Å². The van der Waals surface area contributed by atoms with E-state index in [0.29, 0.717) is 10.8 Å². The van der Waals surface area contributed by atoms with Crippen LogP contribution in [0.15, 0.2) is 48.5 Å². The van der Waals surface area contributed by atoms with Crippen LogP contribution >= 0.6 is 11.3 Å². The number of anilines is 2. The van der Waals surface area contributed by atoms with Crippen molar-refractivity contribution in [2.75, 3.05) is 10.6 Å². The quantitative estimate of drug-likeness (QED) is 0.612. The SMILES string of the molecule is Cc1ccc2nc(NC(=O)C(NC(=O)Nc3ccccc3)C(C)C)sc2c1. The van der Waals surface area contributed by atoms with E-state index in [1.165, 1.54) is 11.3 Å². The van der Waals surface area contributed by atoms with Gasteiger partial charge in [-0.15, -0.1) is 0 Å². The first kappa shape index (κ1) is 18.8. The highest BCUT2D eigenvalue weighted by atomic mass is 32.1. The molecule has 0 bridgehead atoms. The molecule has 3 amide bonds. The molecule has 6 nitrogen and oxygen atoms in total. The van der Waals surface area contributed by atoms with Crippen molar-refractivity contribution in [2.45, 2.75) is 26.8 Å². The summed E-state index contributed by atoms with van der Waals surface area (Å²) in [4.78, 5) is 29.4. The number of nitrogens with zero attached hydrogens (tertiary/aromatic N) is 1. The van der Waals surface area contributed by atoms with Crippen LogP contribution in [-0.2, 0) is 4.79 Å². The Morgan fingerprint density at radius 3 is 2.48 bits per heavy atom. The number of nitrogens with one attached hydrogen (secondary N) is 3. The van der Waals surface area contributed by atoms with Crippen molar-refractivity contribution in [3.63, 3.8) is 0 Å². The van der Waals surface area contributed by atoms with Gasteiger partial charge in [-0.1, -0.05) is 49.4 Å². The number of aromatic nitrogens is 1. The molecule has 0 saturated carbocycles. The zero-order valence-corrected chi connectivity index (χ0v) is 16.3. The van der Waals surface area contributed by atoms with Crippen molar-refractivity contribution in [1.82, 2.24) is 10.3 Å². The topological polar surface area (TPSA) is 83.1 Å². The number of benzene rings is 2. The second kappa shape index (κ2) is 8.18. The minimum atomic E-state index is -0.678. The third-order valence-electron chi connectivity index (χ3n) is 4.04. The molecule has 1 unspecified atom stereocenters. The lowest BCUT2D eigenvalue weighted by Crippen LogP contribution is -2.48. The molecule has 7 heteroatoms. The van der Waals surface area contributed by atoms with E-state index in [2.05, 4.69) is 20.9 Å². The van der Waals surface area contributed by atoms with Crippen molar-refractivity contribution < 1.29 is 9.59 Å². The molecule has 0 saturated heterocycles. The predicted octanol–water partition coefficient (Wildman–Crippen LogP) is 4.39. The monoisotopic (exact) mass is 382 g/mol. The molecular formula is C20H22N4O2S. The molecule has 0 aliphatic heterocycles. The van der Waals surface area contributed by atoms with E-state index >= 15 is 0 Å². The first-order chi connectivity index (χ1) is 12.9. The largest absolute Gasteiger partial charge is 0.326 e. The Morgan fingerprint density at radius 1 is 1.04 bits per heavy atom. The zero-order valence-electron chi connectivity index (χ0n) is 15.4. The summed E-state index contributed by atoms with van der Waals surface area (Å²) in [6, 6.07) is 14.0. The minimum Gasteiger partial charge on any atom is -0.326 e. The average Bonchev–Trinajstić information content (AvgIpc) is 3.01. The van der Waals surface area contributed by atoms with Crippen LogP contribution in [0.2, 0.25) is 0 Å². The molecule has 0 aliphatic rings. The molecule has 2 aromatic carbocycles. The average molecular weight is 382 g/mol. The van der Waals surface area contributed by atoms with E-state index in [-0.39, 0.29) is 11.8 Å². The normalized spacial score (nSPS) is 12.0. The van der Waals surface area contributed by atoms with Gasteiger partial charge < -0.3 is 16.0 Å². The summed E-state index contributed by atoms with van der Waals surface area (Å²) < 4.78 is 1.01. The van der Waals surface area contributed by atoms with Gasteiger partial charge in [-0.05, 0) is 42.7 Å². The van der Waals surface area contributed by atoms with Gasteiger partial charge in [-0.25, -0.2) is 9.78 Å². The molecule has 140 valence electrons. The lowest BCUT2D eigenvalue weighted by atomic mass is 10.0. The summed E-state index contributed by atoms with van der Waals surface area (Å²) >= 11 is 1.42. The van der Waals surface area contributed by atoms with Gasteiger partial charge in [0.25, 0.3) is 0 Å². The van der Waals surface area contributed by atoms with Gasteiger partial charge >= 0.3 is 6.03 Å². The van der Waals surface area contributed by atoms with Gasteiger partial charge in [0, 0.05) is 5.69 Å². The fourth-order valence-electron chi connectivity index (χ4n) is 2.63. The third-order valence-corrected chi connectivity index (χ3v) is 4.98. The van der Waals surface area contributed by atoms with Gasteiger partial charge in [0.1, 0.15) is 6.04 Å². The van der Waals surface area contributed by atoms with Crippen LogP contribution in [0.3, 0.4) is 0 Å². The van der Waals surface area contributed by atoms with Gasteiger partial charge in [0.05, 0.1) is 10.2 Å². The number of hydrogen-bond donors (Lipinski definition) is 3. The highest BCUT2D eigenvalue weighted by molar-refractivity contribution is 7.22. The lowest BCUT2D eigenvalue weighted by molar-refractivity contribution is -0.118. The summed E-state index contributed by atoms with van der Waals surface area (Å²) in [6.07, 6.45) is 0. The number of amides is 3. The summed E-state index contributed by atoms with van der Waals surface area (Å²) in [5.41, 5.74) is 2.65. The van der Waals surface area contributed by atoms with E-state index in [1.807, 2.05) is 57.2 Å². The van der Waals surface area contributed by atoms with Crippen molar-refractivity contribution in [3.8, 4) is 0 Å². The maximum atomic E-state index is 12.7. The Bertz CT molecular complexity index is 953. The Balaban J connectivity index is 1.68. The van der Waals surface area contributed by atoms with Crippen LogP contribution in [-0.4, -0.2) is 23.0 Å². The molecule has 1 aromatic heterocycles. The summed E-state index contributed by atoms with van der Waals surface area (Å²) in [5, 5.41) is 8.83. The number of carbonyl (C=O) groups excluding carboxylic acids is 2. The van der Waals surface area contributed by atoms with Gasteiger partial charge in [-0.3, -0.25) is 4.79 Å². The third kappa shape index (κ3) is 4.83. The van der Waals surface area contributed by atoms with Crippen molar-refractivity contribution in [1.29, 1.82) is 0 Å². The van der Waals surface area contributed by atoms with Crippen LogP contribution in [0.1, 0.15) is 19.4 Å². The Hall–Kier alpha value is -2.93. The number of aryl methyl sites for hydroxylation is 1. The molecule has 0 aliphatic carbocycles. The van der Waals surface area contributed by atoms with Gasteiger partial charge in [0.2, 0.25) is 5.91 Å². The molecule has 0 spiro atoms. The second-order valence-corrected chi connectivity index (χ2v) is 7.70. The van der Waals surface area contributed by atoms with Gasteiger partial charge in [-0.2, -0.15) is 0 Å². The molecule has 0 fully saturated rings. The van der Waals surface area contributed by atoms with E-state index in [9.17, 15) is 9.59 Å². The smallest absolute Gasteiger partial charge is 0.319 e. The predicted molar refractivity (Wildman–Crippen MR) is 110 cm³/mol. The van der Waals surface area contributed by atoms with Crippen molar-refractivity contribution in [2.24, 2.45) is 5.92 Å². The highest BCUT2D eigenvalue weighted by Crippen LogP contribution is 2.27. The first-order valence-electron chi connectivity index (χ1n) is 8.73. The van der Waals surface area contributed by atoms with Crippen LogP contribution < -0.4 is 16.0 Å². The fraction of sp³-hybridized carbons (Fsp3) is 0.250. The number of fused-ring (bicyclic) bond motifs is 1. The summed E-state index contributed by atoms with van der Waals surface area (Å²) in [6.45, 7) is 5.78. The Labute approximate surface area is 162 Å². The van der Waals surface area contributed by atoms with Crippen LogP contribution in [0.4, 0.5) is 15.6 Å². The molecule has 3 N–H and O–H groups in total. The van der Waals surface area contributed by atoms with E-state index in [1.54, 1.807) is 12.1 Å². The highest BCUT2D eigenvalue weighted by Gasteiger charge is 2.25. The first-order valence-corrected chi connectivity index (χ1v) is 9.54. The number of carbonyl (C=O) groups is 2. The second-order valence-electron chi connectivity index (χ2n) is 6.67. The van der Waals surface area contributed by atoms with Crippen molar-refractivity contribution in [3.05, 3.63) is 54.1 Å². The molecule has 3 rings (SSSR count). The number of urea groups is 1. The maximum absolute atomic E-state index is 12.7. The number of rotatable bonds is 5. The lowest BCUT2D eigenvalue weighted by Gasteiger charge is -2.21. The molecule has 27 heavy (non-hydrogen) atoms. The molecule has 3 aromatic rings. The summed E-state index contributed by atoms with van der Waals surface area (Å²) in [5.74, 6) is -0.368. The number of para-hydroxylation sites is 1. The maximum Gasteiger partial charge on any atom is 0.319 e. The van der Waals surface area contributed by atoms with Crippen LogP contribution in [0, 0.1) is 12.8 Å². The minimum absolute atomic E-state index is 0.0804.